The van der Waals surface area contributed by atoms with E-state index in [-0.39, 0.29) is 23.8 Å². The summed E-state index contributed by atoms with van der Waals surface area (Å²) in [6.45, 7) is 3.81. The molecule has 0 bridgehead atoms. The van der Waals surface area contributed by atoms with E-state index in [2.05, 4.69) is 0 Å². The minimum Gasteiger partial charge on any atom is -0.469 e. The van der Waals surface area contributed by atoms with Gasteiger partial charge in [-0.2, -0.15) is 0 Å². The zero-order chi connectivity index (χ0) is 12.3. The van der Waals surface area contributed by atoms with Gasteiger partial charge in [-0.05, 0) is 11.8 Å². The van der Waals surface area contributed by atoms with E-state index in [1.807, 2.05) is 26.0 Å². The van der Waals surface area contributed by atoms with Crippen LogP contribution in [0.25, 0.3) is 0 Å². The molecule has 0 unspecified atom stereocenters. The Bertz CT molecular complexity index is 278. The van der Waals surface area contributed by atoms with E-state index < -0.39 is 11.8 Å². The summed E-state index contributed by atoms with van der Waals surface area (Å²) >= 11 is 0. The number of allylic oxidation sites excluding steroid dienone is 2. The molecule has 0 radical (unpaired) electrons. The Morgan fingerprint density at radius 3 is 1.44 bits per heavy atom. The molecule has 0 heterocycles. The van der Waals surface area contributed by atoms with E-state index >= 15 is 0 Å². The Morgan fingerprint density at radius 2 is 1.19 bits per heavy atom. The van der Waals surface area contributed by atoms with Crippen LogP contribution in [0.4, 0.5) is 0 Å². The molecule has 90 valence electrons. The van der Waals surface area contributed by atoms with Gasteiger partial charge in [-0.3, -0.25) is 9.59 Å². The molecule has 0 saturated carbocycles. The average molecular weight is 226 g/mol. The Morgan fingerprint density at radius 1 is 0.875 bits per heavy atom. The van der Waals surface area contributed by atoms with E-state index in [0.29, 0.717) is 0 Å². The van der Waals surface area contributed by atoms with Crippen LogP contribution in [-0.4, -0.2) is 26.2 Å². The van der Waals surface area contributed by atoms with Crippen LogP contribution < -0.4 is 0 Å². The van der Waals surface area contributed by atoms with Crippen molar-refractivity contribution in [2.45, 2.75) is 13.8 Å². The zero-order valence-electron chi connectivity index (χ0n) is 10.1. The first kappa shape index (κ1) is 12.7. The standard InChI is InChI=1S/C12H18O4/c1-7-5-6-8(2)10(12(14)16-4)9(7)11(13)15-3/h5-10H,1-4H3/t7-,8+,9+,10-. The second-order valence-electron chi connectivity index (χ2n) is 4.20. The first-order chi connectivity index (χ1) is 7.52. The van der Waals surface area contributed by atoms with Gasteiger partial charge >= 0.3 is 11.9 Å². The van der Waals surface area contributed by atoms with Gasteiger partial charge in [0.2, 0.25) is 0 Å². The van der Waals surface area contributed by atoms with Gasteiger partial charge in [0.05, 0.1) is 26.1 Å². The number of hydrogen-bond acceptors (Lipinski definition) is 4. The molecule has 0 N–H and O–H groups in total. The average Bonchev–Trinajstić information content (AvgIpc) is 2.29. The number of esters is 2. The summed E-state index contributed by atoms with van der Waals surface area (Å²) < 4.78 is 9.51. The van der Waals surface area contributed by atoms with E-state index in [1.54, 1.807) is 0 Å². The van der Waals surface area contributed by atoms with Gasteiger partial charge in [0.1, 0.15) is 0 Å². The zero-order valence-corrected chi connectivity index (χ0v) is 10.1. The molecule has 0 aromatic carbocycles. The number of carbonyl (C=O) groups excluding carboxylic acids is 2. The van der Waals surface area contributed by atoms with Crippen molar-refractivity contribution < 1.29 is 19.1 Å². The number of ether oxygens (including phenoxy) is 2. The lowest BCUT2D eigenvalue weighted by molar-refractivity contribution is -0.161. The third-order valence-corrected chi connectivity index (χ3v) is 3.18. The van der Waals surface area contributed by atoms with E-state index in [4.69, 9.17) is 9.47 Å². The lowest BCUT2D eigenvalue weighted by Crippen LogP contribution is -2.40. The molecular formula is C12H18O4. The second kappa shape index (κ2) is 5.14. The normalized spacial score (nSPS) is 33.2. The molecule has 0 aromatic heterocycles. The number of hydrogen-bond donors (Lipinski definition) is 0. The number of methoxy groups -OCH3 is 2. The highest BCUT2D eigenvalue weighted by Gasteiger charge is 2.43. The van der Waals surface area contributed by atoms with E-state index in [9.17, 15) is 9.59 Å². The molecule has 0 saturated heterocycles. The highest BCUT2D eigenvalue weighted by molar-refractivity contribution is 5.83. The fraction of sp³-hybridized carbons (Fsp3) is 0.667. The Labute approximate surface area is 95.6 Å². The van der Waals surface area contributed by atoms with Crippen LogP contribution in [0.1, 0.15) is 13.8 Å². The lowest BCUT2D eigenvalue weighted by atomic mass is 9.71. The van der Waals surface area contributed by atoms with Gasteiger partial charge < -0.3 is 9.47 Å². The summed E-state index contributed by atoms with van der Waals surface area (Å²) in [5.41, 5.74) is 0. The van der Waals surface area contributed by atoms with Crippen molar-refractivity contribution in [2.24, 2.45) is 23.7 Å². The van der Waals surface area contributed by atoms with Crippen molar-refractivity contribution in [3.05, 3.63) is 12.2 Å². The smallest absolute Gasteiger partial charge is 0.310 e. The van der Waals surface area contributed by atoms with Crippen LogP contribution in [0.2, 0.25) is 0 Å². The molecule has 0 aliphatic heterocycles. The first-order valence-electron chi connectivity index (χ1n) is 5.37. The highest BCUT2D eigenvalue weighted by Crippen LogP contribution is 2.35. The summed E-state index contributed by atoms with van der Waals surface area (Å²) in [4.78, 5) is 23.4. The topological polar surface area (TPSA) is 52.6 Å². The van der Waals surface area contributed by atoms with Gasteiger partial charge in [0, 0.05) is 0 Å². The maximum absolute atomic E-state index is 11.7. The largest absolute Gasteiger partial charge is 0.469 e. The summed E-state index contributed by atoms with van der Waals surface area (Å²) in [6, 6.07) is 0. The van der Waals surface area contributed by atoms with E-state index in [1.165, 1.54) is 14.2 Å². The molecule has 16 heavy (non-hydrogen) atoms. The molecule has 0 spiro atoms. The van der Waals surface area contributed by atoms with Crippen LogP contribution in [-0.2, 0) is 19.1 Å². The predicted molar refractivity (Wildman–Crippen MR) is 58.5 cm³/mol. The second-order valence-corrected chi connectivity index (χ2v) is 4.20. The molecule has 1 rings (SSSR count). The summed E-state index contributed by atoms with van der Waals surface area (Å²) in [5.74, 6) is -1.60. The SMILES string of the molecule is COC(=O)[C@@H]1[C@H](C(=O)OC)[C@@H](C)C=C[C@H]1C. The molecule has 0 aromatic rings. The van der Waals surface area contributed by atoms with Crippen molar-refractivity contribution in [3.8, 4) is 0 Å². The van der Waals surface area contributed by atoms with Gasteiger partial charge in [-0.25, -0.2) is 0 Å². The molecule has 0 fully saturated rings. The van der Waals surface area contributed by atoms with Crippen molar-refractivity contribution in [2.75, 3.05) is 14.2 Å². The Hall–Kier alpha value is -1.32. The summed E-state index contributed by atoms with van der Waals surface area (Å²) in [6.07, 6.45) is 3.90. The maximum Gasteiger partial charge on any atom is 0.310 e. The minimum absolute atomic E-state index is 0.00671. The van der Waals surface area contributed by atoms with Crippen LogP contribution >= 0.6 is 0 Å². The van der Waals surface area contributed by atoms with Crippen LogP contribution in [0.15, 0.2) is 12.2 Å². The molecule has 4 heteroatoms. The third-order valence-electron chi connectivity index (χ3n) is 3.18. The number of rotatable bonds is 2. The van der Waals surface area contributed by atoms with Crippen molar-refractivity contribution >= 4 is 11.9 Å². The third kappa shape index (κ3) is 2.26. The van der Waals surface area contributed by atoms with Crippen LogP contribution in [0.3, 0.4) is 0 Å². The maximum atomic E-state index is 11.7. The van der Waals surface area contributed by atoms with Crippen molar-refractivity contribution in [1.29, 1.82) is 0 Å². The van der Waals surface area contributed by atoms with Crippen LogP contribution in [0.5, 0.6) is 0 Å². The van der Waals surface area contributed by atoms with E-state index in [0.717, 1.165) is 0 Å². The molecule has 4 atom stereocenters. The predicted octanol–water partition coefficient (Wildman–Crippen LogP) is 1.41. The first-order valence-corrected chi connectivity index (χ1v) is 5.37. The fourth-order valence-corrected chi connectivity index (χ4v) is 2.24. The van der Waals surface area contributed by atoms with Crippen molar-refractivity contribution in [1.82, 2.24) is 0 Å². The molecule has 1 aliphatic carbocycles. The molecule has 1 aliphatic rings. The van der Waals surface area contributed by atoms with Gasteiger partial charge in [0.25, 0.3) is 0 Å². The highest BCUT2D eigenvalue weighted by atomic mass is 16.5. The van der Waals surface area contributed by atoms with Gasteiger partial charge in [0.15, 0.2) is 0 Å². The Kier molecular flexibility index (Phi) is 4.10. The monoisotopic (exact) mass is 226 g/mol. The lowest BCUT2D eigenvalue weighted by Gasteiger charge is -2.33. The summed E-state index contributed by atoms with van der Waals surface area (Å²) in [5, 5.41) is 0. The van der Waals surface area contributed by atoms with Crippen LogP contribution in [0, 0.1) is 23.7 Å². The molecule has 4 nitrogen and oxygen atoms in total. The number of carbonyl (C=O) groups is 2. The Balaban J connectivity index is 3.02. The fourth-order valence-electron chi connectivity index (χ4n) is 2.24. The quantitative estimate of drug-likeness (QED) is 0.527. The summed E-state index contributed by atoms with van der Waals surface area (Å²) in [7, 11) is 2.68. The molecule has 0 amide bonds. The van der Waals surface area contributed by atoms with Gasteiger partial charge in [-0.15, -0.1) is 0 Å². The van der Waals surface area contributed by atoms with Crippen molar-refractivity contribution in [3.63, 3.8) is 0 Å². The van der Waals surface area contributed by atoms with Gasteiger partial charge in [-0.1, -0.05) is 26.0 Å². The molecular weight excluding hydrogens is 208 g/mol. The minimum atomic E-state index is -0.447.